The monoisotopic (exact) mass is 285 g/mol. The Hall–Kier alpha value is -1.62. The second-order valence-corrected chi connectivity index (χ2v) is 4.61. The van der Waals surface area contributed by atoms with E-state index in [1.54, 1.807) is 19.1 Å². The molecule has 1 unspecified atom stereocenters. The molecule has 1 N–H and O–H groups in total. The molecule has 0 amide bonds. The summed E-state index contributed by atoms with van der Waals surface area (Å²) in [5.41, 5.74) is 0.0583. The standard InChI is InChI=1S/C15H15F4N/c1-2-9-20-14(15(17,18)19)12-7-8-13(16)11-6-4-3-5-10(11)12/h3-8,14,20H,2,9H2,1H3. The Balaban J connectivity index is 2.56. The van der Waals surface area contributed by atoms with Crippen molar-refractivity contribution >= 4 is 10.8 Å². The Morgan fingerprint density at radius 2 is 1.70 bits per heavy atom. The van der Waals surface area contributed by atoms with Crippen LogP contribution in [0.25, 0.3) is 10.8 Å². The van der Waals surface area contributed by atoms with Gasteiger partial charge in [0.25, 0.3) is 0 Å². The van der Waals surface area contributed by atoms with Crippen molar-refractivity contribution in [3.8, 4) is 0 Å². The van der Waals surface area contributed by atoms with Gasteiger partial charge < -0.3 is 5.32 Å². The van der Waals surface area contributed by atoms with E-state index >= 15 is 0 Å². The van der Waals surface area contributed by atoms with E-state index in [1.807, 2.05) is 0 Å². The average molecular weight is 285 g/mol. The number of hydrogen-bond acceptors (Lipinski definition) is 1. The summed E-state index contributed by atoms with van der Waals surface area (Å²) in [4.78, 5) is 0. The first-order valence-corrected chi connectivity index (χ1v) is 6.42. The molecular formula is C15H15F4N. The molecule has 0 aromatic heterocycles. The smallest absolute Gasteiger partial charge is 0.302 e. The van der Waals surface area contributed by atoms with E-state index in [1.165, 1.54) is 18.2 Å². The van der Waals surface area contributed by atoms with Gasteiger partial charge in [0.05, 0.1) is 0 Å². The zero-order valence-corrected chi connectivity index (χ0v) is 11.0. The van der Waals surface area contributed by atoms with Crippen molar-refractivity contribution in [3.05, 3.63) is 47.8 Å². The lowest BCUT2D eigenvalue weighted by Gasteiger charge is -2.23. The summed E-state index contributed by atoms with van der Waals surface area (Å²) in [6.45, 7) is 2.04. The minimum absolute atomic E-state index is 0.0583. The molecule has 2 rings (SSSR count). The lowest BCUT2D eigenvalue weighted by atomic mass is 9.98. The van der Waals surface area contributed by atoms with Gasteiger partial charge in [-0.05, 0) is 30.0 Å². The SMILES string of the molecule is CCCNC(c1ccc(F)c2ccccc12)C(F)(F)F. The van der Waals surface area contributed by atoms with Crippen molar-refractivity contribution < 1.29 is 17.6 Å². The Morgan fingerprint density at radius 1 is 1.05 bits per heavy atom. The van der Waals surface area contributed by atoms with Crippen LogP contribution in [0.5, 0.6) is 0 Å². The molecule has 1 atom stereocenters. The quantitative estimate of drug-likeness (QED) is 0.811. The highest BCUT2D eigenvalue weighted by Crippen LogP contribution is 2.36. The van der Waals surface area contributed by atoms with E-state index in [0.29, 0.717) is 11.8 Å². The molecule has 0 radical (unpaired) electrons. The molecule has 0 aliphatic rings. The molecule has 0 aliphatic carbocycles. The van der Waals surface area contributed by atoms with E-state index in [2.05, 4.69) is 5.32 Å². The maximum atomic E-state index is 13.7. The molecule has 0 bridgehead atoms. The topological polar surface area (TPSA) is 12.0 Å². The van der Waals surface area contributed by atoms with Crippen molar-refractivity contribution in [1.29, 1.82) is 0 Å². The van der Waals surface area contributed by atoms with Crippen LogP contribution in [-0.4, -0.2) is 12.7 Å². The Morgan fingerprint density at radius 3 is 2.30 bits per heavy atom. The zero-order chi connectivity index (χ0) is 14.8. The Labute approximate surface area is 114 Å². The lowest BCUT2D eigenvalue weighted by Crippen LogP contribution is -2.34. The molecule has 0 heterocycles. The van der Waals surface area contributed by atoms with Crippen LogP contribution in [0.15, 0.2) is 36.4 Å². The molecule has 0 saturated carbocycles. The first-order chi connectivity index (χ1) is 9.45. The van der Waals surface area contributed by atoms with Crippen molar-refractivity contribution in [2.75, 3.05) is 6.54 Å². The van der Waals surface area contributed by atoms with Gasteiger partial charge in [0.15, 0.2) is 0 Å². The predicted octanol–water partition coefficient (Wildman–Crippen LogP) is 4.58. The first kappa shape index (κ1) is 14.8. The molecule has 20 heavy (non-hydrogen) atoms. The third-order valence-corrected chi connectivity index (χ3v) is 3.14. The zero-order valence-electron chi connectivity index (χ0n) is 11.0. The third kappa shape index (κ3) is 2.93. The van der Waals surface area contributed by atoms with Crippen molar-refractivity contribution in [1.82, 2.24) is 5.32 Å². The van der Waals surface area contributed by atoms with Gasteiger partial charge >= 0.3 is 6.18 Å². The van der Waals surface area contributed by atoms with Crippen LogP contribution >= 0.6 is 0 Å². The van der Waals surface area contributed by atoms with Crippen LogP contribution in [0.3, 0.4) is 0 Å². The second kappa shape index (κ2) is 5.79. The van der Waals surface area contributed by atoms with Crippen LogP contribution < -0.4 is 5.32 Å². The van der Waals surface area contributed by atoms with Gasteiger partial charge in [0.1, 0.15) is 11.9 Å². The van der Waals surface area contributed by atoms with E-state index in [0.717, 1.165) is 6.07 Å². The van der Waals surface area contributed by atoms with E-state index in [9.17, 15) is 17.6 Å². The first-order valence-electron chi connectivity index (χ1n) is 6.42. The van der Waals surface area contributed by atoms with Gasteiger partial charge in [0.2, 0.25) is 0 Å². The number of rotatable bonds is 4. The molecular weight excluding hydrogens is 270 g/mol. The summed E-state index contributed by atoms with van der Waals surface area (Å²) in [5, 5.41) is 2.99. The van der Waals surface area contributed by atoms with Gasteiger partial charge in [-0.3, -0.25) is 0 Å². The molecule has 0 saturated heterocycles. The molecule has 108 valence electrons. The Bertz CT molecular complexity index is 592. The highest BCUT2D eigenvalue weighted by Gasteiger charge is 2.41. The van der Waals surface area contributed by atoms with Gasteiger partial charge in [0, 0.05) is 5.39 Å². The van der Waals surface area contributed by atoms with E-state index < -0.39 is 18.0 Å². The van der Waals surface area contributed by atoms with Crippen molar-refractivity contribution in [3.63, 3.8) is 0 Å². The minimum atomic E-state index is -4.42. The maximum absolute atomic E-state index is 13.7. The van der Waals surface area contributed by atoms with Crippen molar-refractivity contribution in [2.24, 2.45) is 0 Å². The van der Waals surface area contributed by atoms with Crippen LogP contribution in [0.2, 0.25) is 0 Å². The number of hydrogen-bond donors (Lipinski definition) is 1. The molecule has 0 spiro atoms. The van der Waals surface area contributed by atoms with Gasteiger partial charge in [-0.15, -0.1) is 0 Å². The normalized spacial score (nSPS) is 13.7. The average Bonchev–Trinajstić information content (AvgIpc) is 2.40. The summed E-state index contributed by atoms with van der Waals surface area (Å²) < 4.78 is 53.3. The summed E-state index contributed by atoms with van der Waals surface area (Å²) in [6, 6.07) is 6.73. The number of halogens is 4. The number of alkyl halides is 3. The highest BCUT2D eigenvalue weighted by molar-refractivity contribution is 5.86. The summed E-state index contributed by atoms with van der Waals surface area (Å²) in [7, 11) is 0. The van der Waals surface area contributed by atoms with Gasteiger partial charge in [-0.25, -0.2) is 4.39 Å². The number of benzene rings is 2. The minimum Gasteiger partial charge on any atom is -0.302 e. The third-order valence-electron chi connectivity index (χ3n) is 3.14. The fourth-order valence-electron chi connectivity index (χ4n) is 2.23. The van der Waals surface area contributed by atoms with E-state index in [4.69, 9.17) is 0 Å². The summed E-state index contributed by atoms with van der Waals surface area (Å²) in [5.74, 6) is -0.513. The molecule has 2 aromatic rings. The lowest BCUT2D eigenvalue weighted by molar-refractivity contribution is -0.157. The van der Waals surface area contributed by atoms with Crippen LogP contribution in [0.1, 0.15) is 24.9 Å². The van der Waals surface area contributed by atoms with Crippen LogP contribution in [0.4, 0.5) is 17.6 Å². The van der Waals surface area contributed by atoms with Gasteiger partial charge in [-0.1, -0.05) is 37.3 Å². The second-order valence-electron chi connectivity index (χ2n) is 4.61. The summed E-state index contributed by atoms with van der Waals surface area (Å²) >= 11 is 0. The van der Waals surface area contributed by atoms with E-state index in [-0.39, 0.29) is 17.5 Å². The molecule has 2 aromatic carbocycles. The predicted molar refractivity (Wildman–Crippen MR) is 71.0 cm³/mol. The fraction of sp³-hybridized carbons (Fsp3) is 0.333. The van der Waals surface area contributed by atoms with Crippen LogP contribution in [-0.2, 0) is 0 Å². The molecule has 0 fully saturated rings. The number of fused-ring (bicyclic) bond motifs is 1. The molecule has 5 heteroatoms. The molecule has 1 nitrogen and oxygen atoms in total. The van der Waals surface area contributed by atoms with Gasteiger partial charge in [-0.2, -0.15) is 13.2 Å². The maximum Gasteiger partial charge on any atom is 0.407 e. The largest absolute Gasteiger partial charge is 0.407 e. The highest BCUT2D eigenvalue weighted by atomic mass is 19.4. The number of nitrogens with one attached hydrogen (secondary N) is 1. The fourth-order valence-corrected chi connectivity index (χ4v) is 2.23. The van der Waals surface area contributed by atoms with Crippen LogP contribution in [0, 0.1) is 5.82 Å². The van der Waals surface area contributed by atoms with Crippen molar-refractivity contribution in [2.45, 2.75) is 25.6 Å². The Kier molecular flexibility index (Phi) is 4.28. The summed E-state index contributed by atoms with van der Waals surface area (Å²) in [6.07, 6.45) is -3.83. The molecule has 0 aliphatic heterocycles.